The van der Waals surface area contributed by atoms with Crippen molar-refractivity contribution in [3.63, 3.8) is 0 Å². The zero-order valence-electron chi connectivity index (χ0n) is 14.7. The fourth-order valence-electron chi connectivity index (χ4n) is 2.40. The summed E-state index contributed by atoms with van der Waals surface area (Å²) in [6.45, 7) is 0. The molecule has 9 heteroatoms. The summed E-state index contributed by atoms with van der Waals surface area (Å²) in [6, 6.07) is 17.4. The van der Waals surface area contributed by atoms with E-state index in [4.69, 9.17) is 11.6 Å². The molecule has 0 N–H and O–H groups in total. The van der Waals surface area contributed by atoms with Gasteiger partial charge in [-0.05, 0) is 54.1 Å². The first kappa shape index (κ1) is 21.5. The summed E-state index contributed by atoms with van der Waals surface area (Å²) in [6.07, 6.45) is -4.63. The number of halogens is 4. The number of nitrogens with zero attached hydrogens (tertiary/aromatic N) is 1. The summed E-state index contributed by atoms with van der Waals surface area (Å²) >= 11 is 8.56. The van der Waals surface area contributed by atoms with Gasteiger partial charge in [0.25, 0.3) is 5.69 Å². The van der Waals surface area contributed by atoms with Crippen LogP contribution in [-0.4, -0.2) is 4.92 Å². The molecule has 0 aromatic heterocycles. The number of rotatable bonds is 6. The quantitative estimate of drug-likeness (QED) is 0.217. The number of nitro benzene ring substituents is 1. The summed E-state index contributed by atoms with van der Waals surface area (Å²) < 4.78 is 38.4. The standard InChI is InChI=1S/C20H13ClF3NO2S2/c21-15-4-8-16(9-5-15)28-12-13-1-6-17(7-2-13)29-19-10-3-14(20(22,23)24)11-18(19)25(26)27/h1-11H,12H2. The minimum absolute atomic E-state index is 0.159. The Labute approximate surface area is 178 Å². The molecule has 0 aliphatic heterocycles. The van der Waals surface area contributed by atoms with Crippen LogP contribution in [0.1, 0.15) is 11.1 Å². The monoisotopic (exact) mass is 455 g/mol. The van der Waals surface area contributed by atoms with Gasteiger partial charge in [-0.15, -0.1) is 11.8 Å². The van der Waals surface area contributed by atoms with E-state index >= 15 is 0 Å². The van der Waals surface area contributed by atoms with E-state index in [0.717, 1.165) is 40.1 Å². The largest absolute Gasteiger partial charge is 0.416 e. The number of benzene rings is 3. The second-order valence-electron chi connectivity index (χ2n) is 5.93. The van der Waals surface area contributed by atoms with Gasteiger partial charge in [0.15, 0.2) is 0 Å². The number of thioether (sulfide) groups is 1. The molecular formula is C20H13ClF3NO2S2. The van der Waals surface area contributed by atoms with Crippen LogP contribution in [0.4, 0.5) is 18.9 Å². The summed E-state index contributed by atoms with van der Waals surface area (Å²) in [4.78, 5) is 12.3. The van der Waals surface area contributed by atoms with Crippen LogP contribution in [0.2, 0.25) is 5.02 Å². The maximum absolute atomic E-state index is 12.8. The van der Waals surface area contributed by atoms with Crippen molar-refractivity contribution in [2.24, 2.45) is 0 Å². The van der Waals surface area contributed by atoms with Crippen LogP contribution in [0.3, 0.4) is 0 Å². The molecule has 0 heterocycles. The molecule has 150 valence electrons. The zero-order valence-corrected chi connectivity index (χ0v) is 17.0. The molecule has 3 aromatic rings. The lowest BCUT2D eigenvalue weighted by atomic mass is 10.2. The topological polar surface area (TPSA) is 43.1 Å². The molecule has 0 amide bonds. The summed E-state index contributed by atoms with van der Waals surface area (Å²) in [5.74, 6) is 0.729. The molecule has 3 aromatic carbocycles. The predicted molar refractivity (Wildman–Crippen MR) is 110 cm³/mol. The van der Waals surface area contributed by atoms with E-state index in [1.54, 1.807) is 23.9 Å². The Balaban J connectivity index is 1.70. The molecule has 0 saturated heterocycles. The van der Waals surface area contributed by atoms with Crippen molar-refractivity contribution in [1.29, 1.82) is 0 Å². The first-order chi connectivity index (χ1) is 13.7. The highest BCUT2D eigenvalue weighted by Gasteiger charge is 2.33. The third-order valence-corrected chi connectivity index (χ3v) is 6.26. The molecule has 0 aliphatic carbocycles. The van der Waals surface area contributed by atoms with Crippen molar-refractivity contribution in [1.82, 2.24) is 0 Å². The smallest absolute Gasteiger partial charge is 0.258 e. The second kappa shape index (κ2) is 9.11. The van der Waals surface area contributed by atoms with Gasteiger partial charge < -0.3 is 0 Å². The predicted octanol–water partition coefficient (Wildman–Crippen LogP) is 7.71. The van der Waals surface area contributed by atoms with Gasteiger partial charge in [-0.25, -0.2) is 0 Å². The summed E-state index contributed by atoms with van der Waals surface area (Å²) in [7, 11) is 0. The molecule has 0 radical (unpaired) electrons. The first-order valence-corrected chi connectivity index (χ1v) is 10.4. The maximum atomic E-state index is 12.8. The molecule has 0 unspecified atom stereocenters. The number of hydrogen-bond acceptors (Lipinski definition) is 4. The molecule has 0 atom stereocenters. The van der Waals surface area contributed by atoms with Gasteiger partial charge >= 0.3 is 6.18 Å². The van der Waals surface area contributed by atoms with E-state index in [9.17, 15) is 23.3 Å². The molecule has 0 aliphatic rings. The van der Waals surface area contributed by atoms with Crippen molar-refractivity contribution >= 4 is 40.8 Å². The van der Waals surface area contributed by atoms with E-state index in [2.05, 4.69) is 0 Å². The molecule has 0 saturated carbocycles. The van der Waals surface area contributed by atoms with Crippen molar-refractivity contribution in [2.45, 2.75) is 26.6 Å². The maximum Gasteiger partial charge on any atom is 0.416 e. The number of nitro groups is 1. The van der Waals surface area contributed by atoms with Gasteiger partial charge in [-0.1, -0.05) is 35.5 Å². The molecular weight excluding hydrogens is 443 g/mol. The minimum Gasteiger partial charge on any atom is -0.258 e. The Bertz CT molecular complexity index is 1010. The highest BCUT2D eigenvalue weighted by molar-refractivity contribution is 7.99. The van der Waals surface area contributed by atoms with E-state index in [1.165, 1.54) is 0 Å². The number of hydrogen-bond donors (Lipinski definition) is 0. The van der Waals surface area contributed by atoms with E-state index < -0.39 is 22.4 Å². The van der Waals surface area contributed by atoms with Crippen molar-refractivity contribution < 1.29 is 18.1 Å². The van der Waals surface area contributed by atoms with Crippen molar-refractivity contribution in [3.05, 3.63) is 93.0 Å². The number of alkyl halides is 3. The normalized spacial score (nSPS) is 11.4. The van der Waals surface area contributed by atoms with Gasteiger partial charge in [-0.3, -0.25) is 10.1 Å². The Morgan fingerprint density at radius 3 is 2.14 bits per heavy atom. The van der Waals surface area contributed by atoms with E-state index in [0.29, 0.717) is 16.0 Å². The lowest BCUT2D eigenvalue weighted by molar-refractivity contribution is -0.388. The molecule has 3 nitrogen and oxygen atoms in total. The van der Waals surface area contributed by atoms with Gasteiger partial charge in [0.05, 0.1) is 15.4 Å². The highest BCUT2D eigenvalue weighted by atomic mass is 35.5. The lowest BCUT2D eigenvalue weighted by Crippen LogP contribution is -2.05. The third-order valence-electron chi connectivity index (χ3n) is 3.85. The Morgan fingerprint density at radius 1 is 0.931 bits per heavy atom. The average Bonchev–Trinajstić information content (AvgIpc) is 2.68. The van der Waals surface area contributed by atoms with Crippen LogP contribution in [0.25, 0.3) is 0 Å². The Morgan fingerprint density at radius 2 is 1.55 bits per heavy atom. The Hall–Kier alpha value is -2.16. The zero-order chi connectivity index (χ0) is 21.0. The van der Waals surface area contributed by atoms with Crippen molar-refractivity contribution in [3.8, 4) is 0 Å². The minimum atomic E-state index is -4.63. The first-order valence-electron chi connectivity index (χ1n) is 8.23. The average molecular weight is 456 g/mol. The van der Waals surface area contributed by atoms with Gasteiger partial charge in [0, 0.05) is 26.6 Å². The third kappa shape index (κ3) is 5.91. The SMILES string of the molecule is O=[N+]([O-])c1cc(C(F)(F)F)ccc1Sc1ccc(CSc2ccc(Cl)cc2)cc1. The second-order valence-corrected chi connectivity index (χ2v) is 8.53. The summed E-state index contributed by atoms with van der Waals surface area (Å²) in [5.41, 5.74) is -0.550. The fraction of sp³-hybridized carbons (Fsp3) is 0.100. The molecule has 0 spiro atoms. The van der Waals surface area contributed by atoms with Crippen molar-refractivity contribution in [2.75, 3.05) is 0 Å². The molecule has 0 fully saturated rings. The van der Waals surface area contributed by atoms with Crippen LogP contribution in [-0.2, 0) is 11.9 Å². The molecule has 3 rings (SSSR count). The van der Waals surface area contributed by atoms with Crippen LogP contribution in [0, 0.1) is 10.1 Å². The fourth-order valence-corrected chi connectivity index (χ4v) is 4.28. The summed E-state index contributed by atoms with van der Waals surface area (Å²) in [5, 5.41) is 11.9. The Kier molecular flexibility index (Phi) is 6.77. The van der Waals surface area contributed by atoms with Crippen LogP contribution in [0.5, 0.6) is 0 Å². The van der Waals surface area contributed by atoms with E-state index in [1.807, 2.05) is 36.4 Å². The molecule has 29 heavy (non-hydrogen) atoms. The lowest BCUT2D eigenvalue weighted by Gasteiger charge is -2.09. The van der Waals surface area contributed by atoms with E-state index in [-0.39, 0.29) is 4.90 Å². The van der Waals surface area contributed by atoms with Gasteiger partial charge in [0.1, 0.15) is 0 Å². The molecule has 0 bridgehead atoms. The van der Waals surface area contributed by atoms with Gasteiger partial charge in [-0.2, -0.15) is 13.2 Å². The van der Waals surface area contributed by atoms with Crippen LogP contribution >= 0.6 is 35.1 Å². The highest BCUT2D eigenvalue weighted by Crippen LogP contribution is 2.39. The van der Waals surface area contributed by atoms with Gasteiger partial charge in [0.2, 0.25) is 0 Å². The van der Waals surface area contributed by atoms with Crippen LogP contribution in [0.15, 0.2) is 81.4 Å². The van der Waals surface area contributed by atoms with Crippen LogP contribution < -0.4 is 0 Å².